The molecule has 0 N–H and O–H groups in total. The normalized spacial score (nSPS) is 11.8. The van der Waals surface area contributed by atoms with Crippen molar-refractivity contribution in [3.8, 4) is 17.9 Å². The van der Waals surface area contributed by atoms with Crippen molar-refractivity contribution in [2.45, 2.75) is 46.6 Å². The van der Waals surface area contributed by atoms with Gasteiger partial charge in [-0.3, -0.25) is 4.57 Å². The molecule has 1 aromatic heterocycles. The van der Waals surface area contributed by atoms with Crippen LogP contribution in [0.15, 0.2) is 35.1 Å². The largest absolute Gasteiger partial charge is 0.350 e. The minimum absolute atomic E-state index is 0.0478. The molecule has 2 aromatic carbocycles. The number of rotatable bonds is 4. The molecule has 0 amide bonds. The fourth-order valence-corrected chi connectivity index (χ4v) is 3.59. The van der Waals surface area contributed by atoms with Gasteiger partial charge in [0.15, 0.2) is 17.5 Å². The number of alkyl halides is 2. The molecule has 3 aromatic rings. The number of benzene rings is 2. The minimum Gasteiger partial charge on any atom is -0.320 e. The van der Waals surface area contributed by atoms with E-state index in [0.717, 1.165) is 27.7 Å². The maximum absolute atomic E-state index is 15.2. The Morgan fingerprint density at radius 3 is 2.33 bits per heavy atom. The lowest BCUT2D eigenvalue weighted by Gasteiger charge is -2.29. The maximum Gasteiger partial charge on any atom is 0.350 e. The molecule has 0 aliphatic rings. The fraction of sp³-hybridized carbons (Fsp3) is 0.346. The number of nitriles is 1. The summed E-state index contributed by atoms with van der Waals surface area (Å²) in [5, 5.41) is 8.64. The van der Waals surface area contributed by atoms with Crippen LogP contribution in [0.5, 0.6) is 0 Å². The van der Waals surface area contributed by atoms with Gasteiger partial charge in [-0.15, -0.1) is 0 Å². The number of nitrogens with zero attached hydrogens (tertiary/aromatic N) is 4. The average molecular weight is 502 g/mol. The molecule has 1 heterocycles. The lowest BCUT2D eigenvalue weighted by molar-refractivity contribution is 0.157. The summed E-state index contributed by atoms with van der Waals surface area (Å²) in [5.74, 6) is 1.18. The third-order valence-corrected chi connectivity index (χ3v) is 5.17. The SMILES string of the molecule is CC(C)(C#N)C#Cc1cc(F)cc(N(CC(F)F)c2nc(=O)n(C(C)(C)C)c3ccc(F)c(F)c23)c1. The van der Waals surface area contributed by atoms with Crippen LogP contribution in [-0.2, 0) is 5.54 Å². The Kier molecular flexibility index (Phi) is 7.13. The first-order valence-corrected chi connectivity index (χ1v) is 10.9. The Morgan fingerprint density at radius 1 is 1.08 bits per heavy atom. The van der Waals surface area contributed by atoms with E-state index in [1.807, 2.05) is 6.07 Å². The van der Waals surface area contributed by atoms with Gasteiger partial charge < -0.3 is 4.90 Å². The van der Waals surface area contributed by atoms with Gasteiger partial charge in [0, 0.05) is 16.8 Å². The zero-order chi connectivity index (χ0) is 27.0. The molecule has 5 nitrogen and oxygen atoms in total. The van der Waals surface area contributed by atoms with Gasteiger partial charge >= 0.3 is 5.69 Å². The summed E-state index contributed by atoms with van der Waals surface area (Å²) in [6.45, 7) is 6.92. The quantitative estimate of drug-likeness (QED) is 0.331. The molecule has 0 atom stereocenters. The summed E-state index contributed by atoms with van der Waals surface area (Å²) in [6.07, 6.45) is -3.01. The van der Waals surface area contributed by atoms with Crippen molar-refractivity contribution >= 4 is 22.4 Å². The van der Waals surface area contributed by atoms with E-state index < -0.39 is 58.3 Å². The molecule has 36 heavy (non-hydrogen) atoms. The second-order valence-electron chi connectivity index (χ2n) is 9.67. The van der Waals surface area contributed by atoms with Gasteiger partial charge in [-0.1, -0.05) is 11.8 Å². The second-order valence-corrected chi connectivity index (χ2v) is 9.67. The van der Waals surface area contributed by atoms with Crippen LogP contribution in [-0.4, -0.2) is 22.5 Å². The van der Waals surface area contributed by atoms with Crippen molar-refractivity contribution in [3.05, 3.63) is 63.8 Å². The smallest absolute Gasteiger partial charge is 0.320 e. The van der Waals surface area contributed by atoms with E-state index in [9.17, 15) is 22.4 Å². The minimum atomic E-state index is -3.01. The predicted octanol–water partition coefficient (Wildman–Crippen LogP) is 5.87. The van der Waals surface area contributed by atoms with Crippen molar-refractivity contribution in [2.24, 2.45) is 5.41 Å². The highest BCUT2D eigenvalue weighted by Gasteiger charge is 2.28. The molecule has 0 unspecified atom stereocenters. The molecule has 0 spiro atoms. The molecular formula is C26H23F5N4O. The Balaban J connectivity index is 2.38. The van der Waals surface area contributed by atoms with Crippen molar-refractivity contribution in [1.82, 2.24) is 9.55 Å². The van der Waals surface area contributed by atoms with E-state index in [4.69, 9.17) is 5.26 Å². The van der Waals surface area contributed by atoms with Gasteiger partial charge in [-0.05, 0) is 65.0 Å². The highest BCUT2D eigenvalue weighted by molar-refractivity contribution is 5.92. The Hall–Kier alpha value is -3.92. The first-order chi connectivity index (χ1) is 16.6. The summed E-state index contributed by atoms with van der Waals surface area (Å²) in [4.78, 5) is 17.6. The lowest BCUT2D eigenvalue weighted by Crippen LogP contribution is -2.38. The number of aromatic nitrogens is 2. The lowest BCUT2D eigenvalue weighted by atomic mass is 9.96. The fourth-order valence-electron chi connectivity index (χ4n) is 3.59. The van der Waals surface area contributed by atoms with Crippen LogP contribution in [0.2, 0.25) is 0 Å². The van der Waals surface area contributed by atoms with Crippen LogP contribution >= 0.6 is 0 Å². The third kappa shape index (κ3) is 5.49. The number of fused-ring (bicyclic) bond motifs is 1. The molecule has 0 radical (unpaired) electrons. The summed E-state index contributed by atoms with van der Waals surface area (Å²) in [6, 6.07) is 7.13. The average Bonchev–Trinajstić information content (AvgIpc) is 2.76. The van der Waals surface area contributed by atoms with E-state index in [1.54, 1.807) is 34.6 Å². The van der Waals surface area contributed by atoms with E-state index in [2.05, 4.69) is 16.8 Å². The number of halogens is 5. The Labute approximate surface area is 204 Å². The maximum atomic E-state index is 15.2. The van der Waals surface area contributed by atoms with Crippen LogP contribution < -0.4 is 10.6 Å². The van der Waals surface area contributed by atoms with Crippen molar-refractivity contribution in [1.29, 1.82) is 5.26 Å². The topological polar surface area (TPSA) is 61.9 Å². The first kappa shape index (κ1) is 26.7. The van der Waals surface area contributed by atoms with E-state index in [-0.39, 0.29) is 16.8 Å². The Morgan fingerprint density at radius 2 is 1.75 bits per heavy atom. The molecule has 0 saturated heterocycles. The van der Waals surface area contributed by atoms with Gasteiger partial charge in [0.1, 0.15) is 11.2 Å². The van der Waals surface area contributed by atoms with Gasteiger partial charge in [-0.25, -0.2) is 26.7 Å². The second kappa shape index (κ2) is 9.62. The van der Waals surface area contributed by atoms with Crippen molar-refractivity contribution in [2.75, 3.05) is 11.4 Å². The summed E-state index contributed by atoms with van der Waals surface area (Å²) in [5.41, 5.74) is -3.09. The molecule has 0 saturated carbocycles. The molecule has 0 aliphatic heterocycles. The summed E-state index contributed by atoms with van der Waals surface area (Å²) >= 11 is 0. The number of anilines is 2. The van der Waals surface area contributed by atoms with Crippen LogP contribution in [0.3, 0.4) is 0 Å². The molecule has 0 aliphatic carbocycles. The monoisotopic (exact) mass is 502 g/mol. The standard InChI is InChI=1S/C26H23F5N4O/c1-25(2,3)35-19-7-6-18(28)22(31)21(19)23(33-24(35)36)34(13-20(29)30)17-11-15(10-16(27)12-17)8-9-26(4,5)14-32/h6-7,10-12,20H,13H2,1-5H3. The molecule has 3 rings (SSSR count). The molecule has 0 bridgehead atoms. The van der Waals surface area contributed by atoms with Crippen LogP contribution in [0, 0.1) is 46.0 Å². The number of hydrogen-bond donors (Lipinski definition) is 0. The van der Waals surface area contributed by atoms with Crippen LogP contribution in [0.4, 0.5) is 33.5 Å². The van der Waals surface area contributed by atoms with Gasteiger partial charge in [0.05, 0.1) is 23.5 Å². The zero-order valence-electron chi connectivity index (χ0n) is 20.3. The number of hydrogen-bond acceptors (Lipinski definition) is 4. The summed E-state index contributed by atoms with van der Waals surface area (Å²) in [7, 11) is 0. The molecule has 10 heteroatoms. The van der Waals surface area contributed by atoms with Crippen LogP contribution in [0.1, 0.15) is 40.2 Å². The van der Waals surface area contributed by atoms with Crippen LogP contribution in [0.25, 0.3) is 10.9 Å². The molecule has 188 valence electrons. The van der Waals surface area contributed by atoms with Gasteiger partial charge in [-0.2, -0.15) is 10.2 Å². The molecular weight excluding hydrogens is 479 g/mol. The van der Waals surface area contributed by atoms with Crippen molar-refractivity contribution < 1.29 is 22.0 Å². The first-order valence-electron chi connectivity index (χ1n) is 10.9. The van der Waals surface area contributed by atoms with Gasteiger partial charge in [0.2, 0.25) is 0 Å². The summed E-state index contributed by atoms with van der Waals surface area (Å²) < 4.78 is 72.5. The molecule has 0 fully saturated rings. The highest BCUT2D eigenvalue weighted by Crippen LogP contribution is 2.35. The predicted molar refractivity (Wildman–Crippen MR) is 127 cm³/mol. The highest BCUT2D eigenvalue weighted by atomic mass is 19.3. The van der Waals surface area contributed by atoms with Crippen molar-refractivity contribution in [3.63, 3.8) is 0 Å². The van der Waals surface area contributed by atoms with Gasteiger partial charge in [0.25, 0.3) is 6.43 Å². The van der Waals surface area contributed by atoms with E-state index in [0.29, 0.717) is 0 Å². The Bertz CT molecular complexity index is 1490. The van der Waals surface area contributed by atoms with E-state index in [1.165, 1.54) is 12.1 Å². The zero-order valence-corrected chi connectivity index (χ0v) is 20.3. The third-order valence-electron chi connectivity index (χ3n) is 5.17. The van der Waals surface area contributed by atoms with E-state index >= 15 is 4.39 Å².